The minimum atomic E-state index is -1.18. The lowest BCUT2D eigenvalue weighted by Crippen LogP contribution is -2.57. The van der Waals surface area contributed by atoms with Gasteiger partial charge in [-0.1, -0.05) is 20.8 Å². The van der Waals surface area contributed by atoms with E-state index in [4.69, 9.17) is 5.11 Å². The number of hydrogen-bond acceptors (Lipinski definition) is 4. The van der Waals surface area contributed by atoms with E-state index in [0.717, 1.165) is 0 Å². The lowest BCUT2D eigenvalue weighted by molar-refractivity contribution is -0.368. The Morgan fingerprint density at radius 3 is 2.22 bits per heavy atom. The molecule has 0 rings (SSSR count). The van der Waals surface area contributed by atoms with Crippen molar-refractivity contribution in [2.24, 2.45) is 5.92 Å². The number of aliphatic carboxylic acids is 1. The summed E-state index contributed by atoms with van der Waals surface area (Å²) >= 11 is 0. The fourth-order valence-electron chi connectivity index (χ4n) is 2.19. The highest BCUT2D eigenvalue weighted by Gasteiger charge is 2.28. The molecule has 0 aliphatic heterocycles. The van der Waals surface area contributed by atoms with Crippen molar-refractivity contribution in [2.75, 3.05) is 6.54 Å². The van der Waals surface area contributed by atoms with E-state index in [-0.39, 0.29) is 18.2 Å². The Balaban J connectivity index is 4.93. The van der Waals surface area contributed by atoms with Crippen LogP contribution in [-0.2, 0) is 14.4 Å². The number of aliphatic hydroxyl groups excluding tert-OH is 1. The number of rotatable bonds is 11. The van der Waals surface area contributed by atoms with E-state index in [2.05, 4.69) is 16.4 Å². The van der Waals surface area contributed by atoms with Crippen molar-refractivity contribution in [3.8, 4) is 0 Å². The van der Waals surface area contributed by atoms with Gasteiger partial charge in [-0.15, -0.1) is 0 Å². The van der Waals surface area contributed by atoms with E-state index in [1.165, 1.54) is 0 Å². The van der Waals surface area contributed by atoms with Crippen molar-refractivity contribution in [2.45, 2.75) is 64.6 Å². The summed E-state index contributed by atoms with van der Waals surface area (Å²) in [6, 6.07) is -1.41. The molecule has 8 nitrogen and oxygen atoms in total. The smallest absolute Gasteiger partial charge is 0.306 e. The monoisotopic (exact) mass is 332 g/mol. The van der Waals surface area contributed by atoms with Gasteiger partial charge in [0, 0.05) is 12.8 Å². The number of quaternary nitrogens is 1. The Labute approximate surface area is 136 Å². The third-order valence-electron chi connectivity index (χ3n) is 3.37. The molecule has 0 spiro atoms. The molecule has 23 heavy (non-hydrogen) atoms. The zero-order chi connectivity index (χ0) is 18.0. The molecular formula is C15H30N3O5+. The van der Waals surface area contributed by atoms with Crippen LogP contribution in [0.2, 0.25) is 0 Å². The van der Waals surface area contributed by atoms with E-state index >= 15 is 0 Å². The Morgan fingerprint density at radius 1 is 1.17 bits per heavy atom. The summed E-state index contributed by atoms with van der Waals surface area (Å²) in [7, 11) is 0. The SMILES string of the molecule is CCC(=O)N[C@@H](CC[NH3+])C(=O)N[C@@H](CC(C)C)[C@@H](O)CC(=O)O. The standard InChI is InChI=1S/C15H29N3O5/c1-4-13(20)17-10(5-6-16)15(23)18-11(7-9(2)3)12(19)8-14(21)22/h9-12,19H,4-8,16H2,1-3H3,(H,17,20)(H,18,23)(H,21,22)/p+1/t10-,11-,12-/m0/s1. The molecule has 0 aliphatic rings. The average molecular weight is 332 g/mol. The summed E-state index contributed by atoms with van der Waals surface area (Å²) in [5.41, 5.74) is 3.68. The highest BCUT2D eigenvalue weighted by atomic mass is 16.4. The van der Waals surface area contributed by atoms with Gasteiger partial charge >= 0.3 is 5.97 Å². The Bertz CT molecular complexity index is 401. The van der Waals surface area contributed by atoms with Gasteiger partial charge in [-0.25, -0.2) is 0 Å². The quantitative estimate of drug-likeness (QED) is 0.325. The summed E-state index contributed by atoms with van der Waals surface area (Å²) in [4.78, 5) is 34.6. The molecule has 0 aliphatic carbocycles. The van der Waals surface area contributed by atoms with Crippen LogP contribution in [0.4, 0.5) is 0 Å². The maximum Gasteiger partial charge on any atom is 0.306 e. The van der Waals surface area contributed by atoms with E-state index in [1.807, 2.05) is 13.8 Å². The first kappa shape index (κ1) is 21.3. The average Bonchev–Trinajstić information content (AvgIpc) is 2.44. The van der Waals surface area contributed by atoms with E-state index in [1.54, 1.807) is 6.92 Å². The molecule has 0 unspecified atom stereocenters. The molecular weight excluding hydrogens is 302 g/mol. The van der Waals surface area contributed by atoms with Crippen molar-refractivity contribution in [1.29, 1.82) is 0 Å². The summed E-state index contributed by atoms with van der Waals surface area (Å²) < 4.78 is 0. The van der Waals surface area contributed by atoms with Crippen LogP contribution in [-0.4, -0.2) is 52.7 Å². The van der Waals surface area contributed by atoms with Crippen molar-refractivity contribution < 1.29 is 30.3 Å². The largest absolute Gasteiger partial charge is 0.481 e. The van der Waals surface area contributed by atoms with Crippen molar-refractivity contribution in [3.05, 3.63) is 0 Å². The third kappa shape index (κ3) is 9.14. The molecule has 0 saturated carbocycles. The van der Waals surface area contributed by atoms with Gasteiger partial charge in [0.2, 0.25) is 11.8 Å². The number of amides is 2. The lowest BCUT2D eigenvalue weighted by Gasteiger charge is -2.27. The van der Waals surface area contributed by atoms with Crippen LogP contribution in [0.15, 0.2) is 0 Å². The fourth-order valence-corrected chi connectivity index (χ4v) is 2.19. The first-order chi connectivity index (χ1) is 10.7. The van der Waals surface area contributed by atoms with Gasteiger partial charge in [0.1, 0.15) is 6.04 Å². The lowest BCUT2D eigenvalue weighted by atomic mass is 9.96. The second-order valence-electron chi connectivity index (χ2n) is 6.03. The summed E-state index contributed by atoms with van der Waals surface area (Å²) in [5.74, 6) is -1.63. The molecule has 0 aromatic carbocycles. The van der Waals surface area contributed by atoms with Gasteiger partial charge in [0.15, 0.2) is 0 Å². The van der Waals surface area contributed by atoms with Crippen LogP contribution >= 0.6 is 0 Å². The number of carboxylic acids is 1. The third-order valence-corrected chi connectivity index (χ3v) is 3.37. The number of hydrogen-bond donors (Lipinski definition) is 5. The summed E-state index contributed by atoms with van der Waals surface area (Å²) in [6.07, 6.45) is -0.544. The Hall–Kier alpha value is -1.67. The molecule has 134 valence electrons. The van der Waals surface area contributed by atoms with Crippen LogP contribution in [0.1, 0.15) is 46.5 Å². The summed E-state index contributed by atoms with van der Waals surface area (Å²) in [6.45, 7) is 5.99. The van der Waals surface area contributed by atoms with E-state index in [0.29, 0.717) is 19.4 Å². The summed E-state index contributed by atoms with van der Waals surface area (Å²) in [5, 5.41) is 24.1. The van der Waals surface area contributed by atoms with Gasteiger partial charge in [-0.2, -0.15) is 0 Å². The molecule has 0 saturated heterocycles. The highest BCUT2D eigenvalue weighted by molar-refractivity contribution is 5.87. The maximum atomic E-state index is 12.4. The molecule has 2 amide bonds. The minimum Gasteiger partial charge on any atom is -0.481 e. The predicted octanol–water partition coefficient (Wildman–Crippen LogP) is -1.12. The molecule has 0 aromatic rings. The normalized spacial score (nSPS) is 14.9. The van der Waals surface area contributed by atoms with E-state index in [9.17, 15) is 19.5 Å². The first-order valence-electron chi connectivity index (χ1n) is 8.00. The Morgan fingerprint density at radius 2 is 1.78 bits per heavy atom. The molecule has 3 atom stereocenters. The van der Waals surface area contributed by atoms with Crippen LogP contribution in [0.25, 0.3) is 0 Å². The minimum absolute atomic E-state index is 0.167. The van der Waals surface area contributed by atoms with Crippen molar-refractivity contribution >= 4 is 17.8 Å². The van der Waals surface area contributed by atoms with Gasteiger partial charge < -0.3 is 26.6 Å². The van der Waals surface area contributed by atoms with Gasteiger partial charge in [-0.05, 0) is 12.3 Å². The Kier molecular flexibility index (Phi) is 10.2. The van der Waals surface area contributed by atoms with Crippen molar-refractivity contribution in [3.63, 3.8) is 0 Å². The zero-order valence-electron chi connectivity index (χ0n) is 14.2. The highest BCUT2D eigenvalue weighted by Crippen LogP contribution is 2.11. The number of carbonyl (C=O) groups is 3. The first-order valence-corrected chi connectivity index (χ1v) is 8.00. The number of carbonyl (C=O) groups excluding carboxylic acids is 2. The molecule has 0 fully saturated rings. The van der Waals surface area contributed by atoms with Crippen LogP contribution in [0, 0.1) is 5.92 Å². The molecule has 0 radical (unpaired) electrons. The number of carboxylic acid groups (broad SMARTS) is 1. The van der Waals surface area contributed by atoms with Crippen LogP contribution in [0.5, 0.6) is 0 Å². The number of nitrogens with one attached hydrogen (secondary N) is 2. The number of aliphatic hydroxyl groups is 1. The molecule has 0 bridgehead atoms. The van der Waals surface area contributed by atoms with Gasteiger partial charge in [0.25, 0.3) is 0 Å². The maximum absolute atomic E-state index is 12.4. The van der Waals surface area contributed by atoms with Crippen LogP contribution in [0.3, 0.4) is 0 Å². The molecule has 7 N–H and O–H groups in total. The van der Waals surface area contributed by atoms with Gasteiger partial charge in [-0.3, -0.25) is 14.4 Å². The molecule has 8 heteroatoms. The second-order valence-corrected chi connectivity index (χ2v) is 6.03. The molecule has 0 aromatic heterocycles. The zero-order valence-corrected chi connectivity index (χ0v) is 14.2. The van der Waals surface area contributed by atoms with Crippen LogP contribution < -0.4 is 16.4 Å². The predicted molar refractivity (Wildman–Crippen MR) is 84.2 cm³/mol. The topological polar surface area (TPSA) is 143 Å². The van der Waals surface area contributed by atoms with Gasteiger partial charge in [0.05, 0.1) is 25.1 Å². The molecule has 0 heterocycles. The van der Waals surface area contributed by atoms with E-state index < -0.39 is 36.5 Å². The second kappa shape index (κ2) is 11.0. The fraction of sp³-hybridized carbons (Fsp3) is 0.800. The van der Waals surface area contributed by atoms with Crippen molar-refractivity contribution in [1.82, 2.24) is 10.6 Å².